The van der Waals surface area contributed by atoms with Crippen molar-refractivity contribution in [3.63, 3.8) is 0 Å². The highest BCUT2D eigenvalue weighted by Gasteiger charge is 2.35. The second-order valence-electron chi connectivity index (χ2n) is 5.73. The Kier molecular flexibility index (Phi) is 3.69. The summed E-state index contributed by atoms with van der Waals surface area (Å²) in [6, 6.07) is 2.97. The first kappa shape index (κ1) is 14.4. The molecule has 1 saturated carbocycles. The second kappa shape index (κ2) is 5.36. The van der Waals surface area contributed by atoms with E-state index in [4.69, 9.17) is 0 Å². The lowest BCUT2D eigenvalue weighted by atomic mass is 10.2. The maximum absolute atomic E-state index is 12.9. The molecule has 1 aliphatic heterocycles. The fourth-order valence-electron chi connectivity index (χ4n) is 2.78. The van der Waals surface area contributed by atoms with Crippen molar-refractivity contribution in [2.45, 2.75) is 37.5 Å². The highest BCUT2D eigenvalue weighted by atomic mass is 19.4. The first-order valence-corrected chi connectivity index (χ1v) is 7.23. The Hall–Kier alpha value is -1.50. The highest BCUT2D eigenvalue weighted by molar-refractivity contribution is 5.50. The van der Waals surface area contributed by atoms with Gasteiger partial charge in [-0.05, 0) is 31.4 Å². The van der Waals surface area contributed by atoms with Gasteiger partial charge >= 0.3 is 6.18 Å². The number of likely N-dealkylation sites (tertiary alicyclic amines) is 1. The molecule has 1 unspecified atom stereocenters. The molecular weight excluding hydrogens is 281 g/mol. The summed E-state index contributed by atoms with van der Waals surface area (Å²) < 4.78 is 38.6. The molecule has 1 saturated heterocycles. The molecule has 2 aliphatic rings. The van der Waals surface area contributed by atoms with Gasteiger partial charge in [-0.15, -0.1) is 0 Å². The summed E-state index contributed by atoms with van der Waals surface area (Å²) in [6.07, 6.45) is -0.916. The van der Waals surface area contributed by atoms with Crippen LogP contribution in [0, 0.1) is 0 Å². The predicted octanol–water partition coefficient (Wildman–Crippen LogP) is 2.79. The number of hydrogen-bond donors (Lipinski definition) is 2. The Morgan fingerprint density at radius 3 is 2.52 bits per heavy atom. The molecule has 0 amide bonds. The lowest BCUT2D eigenvalue weighted by Gasteiger charge is -2.17. The highest BCUT2D eigenvalue weighted by Crippen LogP contribution is 2.33. The molecule has 1 aromatic rings. The number of alkyl halides is 3. The maximum atomic E-state index is 12.9. The number of nitrogens with one attached hydrogen (secondary N) is 2. The van der Waals surface area contributed by atoms with E-state index in [2.05, 4.69) is 20.5 Å². The molecule has 21 heavy (non-hydrogen) atoms. The lowest BCUT2D eigenvalue weighted by Crippen LogP contribution is -2.28. The van der Waals surface area contributed by atoms with Crippen LogP contribution in [-0.2, 0) is 6.18 Å². The van der Waals surface area contributed by atoms with E-state index in [1.165, 1.54) is 12.8 Å². The quantitative estimate of drug-likeness (QED) is 0.897. The van der Waals surface area contributed by atoms with E-state index in [-0.39, 0.29) is 17.7 Å². The number of rotatable bonds is 4. The minimum atomic E-state index is -4.36. The summed E-state index contributed by atoms with van der Waals surface area (Å²) in [5.41, 5.74) is -0.679. The predicted molar refractivity (Wildman–Crippen MR) is 75.4 cm³/mol. The molecule has 1 aliphatic carbocycles. The van der Waals surface area contributed by atoms with Crippen LogP contribution in [0.15, 0.2) is 12.1 Å². The molecule has 2 fully saturated rings. The van der Waals surface area contributed by atoms with Crippen LogP contribution in [0.1, 0.15) is 24.8 Å². The van der Waals surface area contributed by atoms with Gasteiger partial charge in [0.2, 0.25) is 0 Å². The minimum absolute atomic E-state index is 0.172. The molecule has 2 N–H and O–H groups in total. The van der Waals surface area contributed by atoms with Gasteiger partial charge in [-0.25, -0.2) is 4.98 Å². The van der Waals surface area contributed by atoms with E-state index in [1.54, 1.807) is 7.05 Å². The number of nitrogens with zero attached hydrogens (tertiary/aromatic N) is 2. The Labute approximate surface area is 121 Å². The zero-order chi connectivity index (χ0) is 15.0. The van der Waals surface area contributed by atoms with E-state index in [9.17, 15) is 13.2 Å². The van der Waals surface area contributed by atoms with Crippen molar-refractivity contribution in [2.75, 3.05) is 30.8 Å². The monoisotopic (exact) mass is 300 g/mol. The van der Waals surface area contributed by atoms with Crippen LogP contribution in [0.2, 0.25) is 0 Å². The lowest BCUT2D eigenvalue weighted by molar-refractivity contribution is -0.137. The third-order valence-corrected chi connectivity index (χ3v) is 4.04. The van der Waals surface area contributed by atoms with Crippen LogP contribution >= 0.6 is 0 Å². The van der Waals surface area contributed by atoms with Gasteiger partial charge in [0.15, 0.2) is 0 Å². The second-order valence-corrected chi connectivity index (χ2v) is 5.73. The molecule has 4 nitrogen and oxygen atoms in total. The van der Waals surface area contributed by atoms with E-state index in [0.29, 0.717) is 6.04 Å². The van der Waals surface area contributed by atoms with Crippen LogP contribution in [0.5, 0.6) is 0 Å². The molecule has 0 radical (unpaired) electrons. The molecule has 0 bridgehead atoms. The first-order chi connectivity index (χ1) is 9.95. The van der Waals surface area contributed by atoms with E-state index < -0.39 is 11.7 Å². The Bertz CT molecular complexity index is 513. The summed E-state index contributed by atoms with van der Waals surface area (Å²) in [7, 11) is 1.57. The molecule has 1 atom stereocenters. The average molecular weight is 300 g/mol. The number of pyridine rings is 1. The van der Waals surface area contributed by atoms with E-state index in [0.717, 1.165) is 31.6 Å². The van der Waals surface area contributed by atoms with Crippen LogP contribution < -0.4 is 10.6 Å². The summed E-state index contributed by atoms with van der Waals surface area (Å²) in [6.45, 7) is 1.90. The number of hydrogen-bond acceptors (Lipinski definition) is 4. The SMILES string of the molecule is CNc1cc(C(F)(F)F)cc(NC2CCN(C3CC3)C2)n1. The Balaban J connectivity index is 1.72. The maximum Gasteiger partial charge on any atom is 0.416 e. The molecule has 2 heterocycles. The van der Waals surface area contributed by atoms with Gasteiger partial charge in [0, 0.05) is 32.2 Å². The summed E-state index contributed by atoms with van der Waals surface area (Å²) in [4.78, 5) is 6.58. The van der Waals surface area contributed by atoms with Gasteiger partial charge < -0.3 is 10.6 Å². The smallest absolute Gasteiger partial charge is 0.373 e. The van der Waals surface area contributed by atoms with Crippen molar-refractivity contribution in [2.24, 2.45) is 0 Å². The van der Waals surface area contributed by atoms with Crippen LogP contribution in [0.25, 0.3) is 0 Å². The van der Waals surface area contributed by atoms with Crippen molar-refractivity contribution < 1.29 is 13.2 Å². The summed E-state index contributed by atoms with van der Waals surface area (Å²) in [5, 5.41) is 5.83. The van der Waals surface area contributed by atoms with Crippen molar-refractivity contribution in [1.29, 1.82) is 0 Å². The normalized spacial score (nSPS) is 23.3. The largest absolute Gasteiger partial charge is 0.416 e. The summed E-state index contributed by atoms with van der Waals surface area (Å²) in [5.74, 6) is 0.515. The molecular formula is C14H19F3N4. The molecule has 1 aromatic heterocycles. The third kappa shape index (κ3) is 3.40. The number of halogens is 3. The fourth-order valence-corrected chi connectivity index (χ4v) is 2.78. The zero-order valence-electron chi connectivity index (χ0n) is 11.9. The molecule has 0 spiro atoms. The van der Waals surface area contributed by atoms with Crippen LogP contribution in [0.4, 0.5) is 24.8 Å². The Morgan fingerprint density at radius 2 is 1.90 bits per heavy atom. The van der Waals surface area contributed by atoms with Crippen LogP contribution in [-0.4, -0.2) is 42.1 Å². The molecule has 0 aromatic carbocycles. The fraction of sp³-hybridized carbons (Fsp3) is 0.643. The van der Waals surface area contributed by atoms with Crippen molar-refractivity contribution in [3.8, 4) is 0 Å². The van der Waals surface area contributed by atoms with Crippen molar-refractivity contribution >= 4 is 11.6 Å². The van der Waals surface area contributed by atoms with Gasteiger partial charge in [-0.3, -0.25) is 4.90 Å². The third-order valence-electron chi connectivity index (χ3n) is 4.04. The Morgan fingerprint density at radius 1 is 1.19 bits per heavy atom. The van der Waals surface area contributed by atoms with Crippen molar-refractivity contribution in [3.05, 3.63) is 17.7 Å². The van der Waals surface area contributed by atoms with Gasteiger partial charge in [0.1, 0.15) is 11.6 Å². The topological polar surface area (TPSA) is 40.2 Å². The van der Waals surface area contributed by atoms with Gasteiger partial charge in [0.25, 0.3) is 0 Å². The van der Waals surface area contributed by atoms with Crippen LogP contribution in [0.3, 0.4) is 0 Å². The van der Waals surface area contributed by atoms with Gasteiger partial charge in [-0.1, -0.05) is 0 Å². The standard InChI is InChI=1S/C14H19F3N4/c1-18-12-6-9(14(15,16)17)7-13(20-12)19-10-4-5-21(8-10)11-2-3-11/h6-7,10-11H,2-5,8H2,1H3,(H2,18,19,20). The van der Waals surface area contributed by atoms with Gasteiger partial charge in [-0.2, -0.15) is 13.2 Å². The van der Waals surface area contributed by atoms with Crippen molar-refractivity contribution in [1.82, 2.24) is 9.88 Å². The summed E-state index contributed by atoms with van der Waals surface area (Å²) >= 11 is 0. The molecule has 3 rings (SSSR count). The number of aromatic nitrogens is 1. The van der Waals surface area contributed by atoms with E-state index in [1.807, 2.05) is 0 Å². The van der Waals surface area contributed by atoms with E-state index >= 15 is 0 Å². The zero-order valence-corrected chi connectivity index (χ0v) is 11.9. The average Bonchev–Trinajstić information content (AvgIpc) is 3.18. The first-order valence-electron chi connectivity index (χ1n) is 7.23. The number of anilines is 2. The van der Waals surface area contributed by atoms with Gasteiger partial charge in [0.05, 0.1) is 5.56 Å². The minimum Gasteiger partial charge on any atom is -0.373 e. The molecule has 116 valence electrons. The molecule has 7 heteroatoms.